The molecule has 4 rings (SSSR count). The van der Waals surface area contributed by atoms with Gasteiger partial charge in [-0.3, -0.25) is 0 Å². The molecular weight excluding hydrogens is 350 g/mol. The fourth-order valence-corrected chi connectivity index (χ4v) is 5.16. The fourth-order valence-electron chi connectivity index (χ4n) is 5.16. The molecule has 3 atom stereocenters. The minimum Gasteiger partial charge on any atom is -0.362 e. The molecule has 0 spiro atoms. The van der Waals surface area contributed by atoms with Gasteiger partial charge in [-0.2, -0.15) is 0 Å². The predicted molar refractivity (Wildman–Crippen MR) is 125 cm³/mol. The summed E-state index contributed by atoms with van der Waals surface area (Å²) in [5.74, 6) is 1.99. The van der Waals surface area contributed by atoms with E-state index in [1.54, 1.807) is 11.1 Å². The Morgan fingerprint density at radius 3 is 2.17 bits per heavy atom. The van der Waals surface area contributed by atoms with Crippen molar-refractivity contribution in [2.45, 2.75) is 71.6 Å². The van der Waals surface area contributed by atoms with Crippen molar-refractivity contribution in [2.24, 2.45) is 17.8 Å². The van der Waals surface area contributed by atoms with E-state index in [1.807, 2.05) is 0 Å². The van der Waals surface area contributed by atoms with Crippen molar-refractivity contribution >= 4 is 0 Å². The Morgan fingerprint density at radius 1 is 0.828 bits per heavy atom. The molecule has 3 unspecified atom stereocenters. The summed E-state index contributed by atoms with van der Waals surface area (Å²) in [7, 11) is 0. The highest BCUT2D eigenvalue weighted by molar-refractivity contribution is 5.36. The molecule has 1 heteroatoms. The maximum absolute atomic E-state index is 3.73. The maximum Gasteiger partial charge on any atom is 0.0151 e. The highest BCUT2D eigenvalue weighted by Gasteiger charge is 2.22. The van der Waals surface area contributed by atoms with E-state index in [1.165, 1.54) is 61.9 Å². The van der Waals surface area contributed by atoms with Crippen LogP contribution in [0.3, 0.4) is 0 Å². The van der Waals surface area contributed by atoms with E-state index >= 15 is 0 Å². The molecule has 0 bridgehead atoms. The fraction of sp³-hybridized carbons (Fsp3) is 0.500. The Kier molecular flexibility index (Phi) is 6.74. The molecular formula is C28H37N. The van der Waals surface area contributed by atoms with E-state index < -0.39 is 0 Å². The van der Waals surface area contributed by atoms with Gasteiger partial charge in [0.1, 0.15) is 0 Å². The first-order chi connectivity index (χ1) is 14.2. The molecule has 0 heterocycles. The summed E-state index contributed by atoms with van der Waals surface area (Å²) >= 11 is 0. The van der Waals surface area contributed by atoms with E-state index in [4.69, 9.17) is 0 Å². The van der Waals surface area contributed by atoms with Crippen molar-refractivity contribution in [3.8, 4) is 0 Å². The van der Waals surface area contributed by atoms with Gasteiger partial charge in [-0.25, -0.2) is 0 Å². The van der Waals surface area contributed by atoms with Crippen molar-refractivity contribution in [3.05, 3.63) is 82.8 Å². The normalized spacial score (nSPS) is 26.6. The minimum atomic E-state index is 0.555. The summed E-state index contributed by atoms with van der Waals surface area (Å²) in [5, 5.41) is 3.73. The summed E-state index contributed by atoms with van der Waals surface area (Å²) < 4.78 is 0. The van der Waals surface area contributed by atoms with Crippen LogP contribution in [0.5, 0.6) is 0 Å². The SMILES string of the molecule is CC(C1=CCCC=C1)C1=CC=C(NC2=CC=C(C(C)C3C=CCCC3)CC2)CC1. The van der Waals surface area contributed by atoms with Gasteiger partial charge in [-0.15, -0.1) is 0 Å². The lowest BCUT2D eigenvalue weighted by Crippen LogP contribution is -2.19. The molecule has 0 aromatic carbocycles. The largest absolute Gasteiger partial charge is 0.362 e. The molecule has 0 amide bonds. The lowest BCUT2D eigenvalue weighted by atomic mass is 9.78. The van der Waals surface area contributed by atoms with Crippen LogP contribution in [0.25, 0.3) is 0 Å². The van der Waals surface area contributed by atoms with Crippen LogP contribution in [0.4, 0.5) is 0 Å². The molecule has 0 saturated carbocycles. The number of allylic oxidation sites excluding steroid dienone is 14. The zero-order valence-electron chi connectivity index (χ0n) is 18.3. The van der Waals surface area contributed by atoms with Crippen LogP contribution < -0.4 is 5.32 Å². The molecule has 154 valence electrons. The van der Waals surface area contributed by atoms with Gasteiger partial charge in [0.05, 0.1) is 0 Å². The molecule has 4 aliphatic carbocycles. The van der Waals surface area contributed by atoms with Crippen LogP contribution in [-0.4, -0.2) is 0 Å². The summed E-state index contributed by atoms with van der Waals surface area (Å²) in [6.45, 7) is 4.78. The third-order valence-corrected chi connectivity index (χ3v) is 7.28. The van der Waals surface area contributed by atoms with Crippen molar-refractivity contribution in [2.75, 3.05) is 0 Å². The molecule has 1 nitrogen and oxygen atoms in total. The zero-order chi connectivity index (χ0) is 20.1. The van der Waals surface area contributed by atoms with Gasteiger partial charge in [0.2, 0.25) is 0 Å². The first-order valence-corrected chi connectivity index (χ1v) is 11.8. The van der Waals surface area contributed by atoms with Gasteiger partial charge in [-0.05, 0) is 87.3 Å². The third kappa shape index (κ3) is 5.13. The average molecular weight is 388 g/mol. The van der Waals surface area contributed by atoms with Crippen molar-refractivity contribution in [3.63, 3.8) is 0 Å². The van der Waals surface area contributed by atoms with Gasteiger partial charge in [0, 0.05) is 17.3 Å². The first kappa shape index (κ1) is 20.3. The second-order valence-corrected chi connectivity index (χ2v) is 9.21. The van der Waals surface area contributed by atoms with Gasteiger partial charge < -0.3 is 5.32 Å². The quantitative estimate of drug-likeness (QED) is 0.461. The van der Waals surface area contributed by atoms with Crippen LogP contribution in [-0.2, 0) is 0 Å². The predicted octanol–water partition coefficient (Wildman–Crippen LogP) is 7.69. The van der Waals surface area contributed by atoms with Gasteiger partial charge in [0.15, 0.2) is 0 Å². The van der Waals surface area contributed by atoms with Crippen molar-refractivity contribution in [1.29, 1.82) is 0 Å². The van der Waals surface area contributed by atoms with E-state index in [9.17, 15) is 0 Å². The Morgan fingerprint density at radius 2 is 1.59 bits per heavy atom. The molecule has 0 aromatic rings. The number of nitrogens with one attached hydrogen (secondary N) is 1. The monoisotopic (exact) mass is 387 g/mol. The van der Waals surface area contributed by atoms with Crippen LogP contribution in [0, 0.1) is 17.8 Å². The topological polar surface area (TPSA) is 12.0 Å². The Balaban J connectivity index is 1.35. The van der Waals surface area contributed by atoms with Crippen LogP contribution >= 0.6 is 0 Å². The summed E-state index contributed by atoms with van der Waals surface area (Å²) in [6.07, 6.45) is 32.4. The van der Waals surface area contributed by atoms with E-state index in [0.29, 0.717) is 11.8 Å². The van der Waals surface area contributed by atoms with E-state index in [2.05, 4.69) is 73.8 Å². The molecule has 4 aliphatic rings. The number of hydrogen-bond donors (Lipinski definition) is 1. The average Bonchev–Trinajstić information content (AvgIpc) is 2.80. The van der Waals surface area contributed by atoms with E-state index in [-0.39, 0.29) is 0 Å². The second kappa shape index (κ2) is 9.65. The molecule has 1 N–H and O–H groups in total. The maximum atomic E-state index is 3.73. The molecule has 0 aromatic heterocycles. The van der Waals surface area contributed by atoms with Crippen molar-refractivity contribution in [1.82, 2.24) is 5.32 Å². The lowest BCUT2D eigenvalue weighted by molar-refractivity contribution is 0.419. The minimum absolute atomic E-state index is 0.555. The molecule has 0 aliphatic heterocycles. The standard InChI is InChI=1S/C28H37N/c1-21(23-9-5-3-6-10-23)25-13-17-27(18-14-25)29-28-19-15-26(16-20-28)22(2)24-11-7-4-8-12-24/h5,7,9-11,13,15,17,19,21-22,24,29H,3-4,6,8,12,14,16,18,20H2,1-2H3. The molecule has 0 fully saturated rings. The number of hydrogen-bond acceptors (Lipinski definition) is 1. The smallest absolute Gasteiger partial charge is 0.0151 e. The third-order valence-electron chi connectivity index (χ3n) is 7.28. The van der Waals surface area contributed by atoms with Gasteiger partial charge in [-0.1, -0.05) is 67.5 Å². The van der Waals surface area contributed by atoms with Crippen LogP contribution in [0.2, 0.25) is 0 Å². The molecule has 0 radical (unpaired) electrons. The Labute approximate surface area is 177 Å². The summed E-state index contributed by atoms with van der Waals surface area (Å²) in [6, 6.07) is 0. The Hall–Kier alpha value is -2.02. The van der Waals surface area contributed by atoms with Gasteiger partial charge >= 0.3 is 0 Å². The molecule has 0 saturated heterocycles. The second-order valence-electron chi connectivity index (χ2n) is 9.21. The van der Waals surface area contributed by atoms with Gasteiger partial charge in [0.25, 0.3) is 0 Å². The van der Waals surface area contributed by atoms with Crippen molar-refractivity contribution < 1.29 is 0 Å². The van der Waals surface area contributed by atoms with E-state index in [0.717, 1.165) is 18.8 Å². The zero-order valence-corrected chi connectivity index (χ0v) is 18.3. The number of rotatable bonds is 6. The Bertz CT molecular complexity index is 811. The summed E-state index contributed by atoms with van der Waals surface area (Å²) in [5.41, 5.74) is 7.47. The lowest BCUT2D eigenvalue weighted by Gasteiger charge is -2.28. The highest BCUT2D eigenvalue weighted by Crippen LogP contribution is 2.34. The van der Waals surface area contributed by atoms with Crippen LogP contribution in [0.15, 0.2) is 82.8 Å². The van der Waals surface area contributed by atoms with Crippen LogP contribution in [0.1, 0.15) is 71.6 Å². The summed E-state index contributed by atoms with van der Waals surface area (Å²) in [4.78, 5) is 0. The molecule has 29 heavy (non-hydrogen) atoms. The highest BCUT2D eigenvalue weighted by atomic mass is 14.9. The first-order valence-electron chi connectivity index (χ1n) is 11.8.